The fourth-order valence-electron chi connectivity index (χ4n) is 1.91. The number of ether oxygens (including phenoxy) is 2. The molecule has 0 atom stereocenters. The number of benzene rings is 2. The van der Waals surface area contributed by atoms with Crippen molar-refractivity contribution in [2.45, 2.75) is 0 Å². The number of anilines is 1. The maximum atomic E-state index is 12.6. The summed E-state index contributed by atoms with van der Waals surface area (Å²) in [7, 11) is 3.07. The molecular formula is C15H14BrNO3. The van der Waals surface area contributed by atoms with Gasteiger partial charge in [-0.2, -0.15) is 0 Å². The Morgan fingerprint density at radius 1 is 1.10 bits per heavy atom. The van der Waals surface area contributed by atoms with E-state index in [1.54, 1.807) is 43.5 Å². The van der Waals surface area contributed by atoms with E-state index in [1.807, 2.05) is 0 Å². The van der Waals surface area contributed by atoms with Gasteiger partial charge in [-0.3, -0.25) is 4.79 Å². The van der Waals surface area contributed by atoms with Gasteiger partial charge in [-0.05, 0) is 46.3 Å². The molecule has 0 aliphatic rings. The number of nitrogen functional groups attached to an aromatic ring is 1. The molecule has 0 radical (unpaired) electrons. The summed E-state index contributed by atoms with van der Waals surface area (Å²) in [6.07, 6.45) is 0. The fraction of sp³-hybridized carbons (Fsp3) is 0.133. The lowest BCUT2D eigenvalue weighted by molar-refractivity contribution is 0.103. The van der Waals surface area contributed by atoms with Crippen molar-refractivity contribution in [2.24, 2.45) is 0 Å². The lowest BCUT2D eigenvalue weighted by atomic mass is 10.0. The van der Waals surface area contributed by atoms with Crippen LogP contribution >= 0.6 is 15.9 Å². The Bertz CT molecular complexity index is 656. The molecule has 0 aliphatic heterocycles. The van der Waals surface area contributed by atoms with Gasteiger partial charge >= 0.3 is 0 Å². The Kier molecular flexibility index (Phi) is 4.29. The first-order valence-corrected chi connectivity index (χ1v) is 6.68. The zero-order valence-corrected chi connectivity index (χ0v) is 12.7. The van der Waals surface area contributed by atoms with Gasteiger partial charge in [0.15, 0.2) is 11.5 Å². The van der Waals surface area contributed by atoms with Crippen LogP contribution in [0.3, 0.4) is 0 Å². The number of rotatable bonds is 4. The van der Waals surface area contributed by atoms with Crippen LogP contribution in [0.15, 0.2) is 40.9 Å². The van der Waals surface area contributed by atoms with Crippen LogP contribution in [0.5, 0.6) is 11.5 Å². The molecule has 0 spiro atoms. The number of ketones is 1. The van der Waals surface area contributed by atoms with Gasteiger partial charge in [0.2, 0.25) is 0 Å². The van der Waals surface area contributed by atoms with Crippen molar-refractivity contribution in [3.05, 3.63) is 52.0 Å². The molecule has 2 N–H and O–H groups in total. The van der Waals surface area contributed by atoms with Crippen molar-refractivity contribution in [3.8, 4) is 11.5 Å². The van der Waals surface area contributed by atoms with E-state index >= 15 is 0 Å². The third-order valence-corrected chi connectivity index (χ3v) is 3.57. The SMILES string of the molecule is COc1ccc(C(=O)c2cccc(N)c2OC)c(Br)c1. The standard InChI is InChI=1S/C15H14BrNO3/c1-19-9-6-7-10(12(16)8-9)14(18)11-4-3-5-13(17)15(11)20-2/h3-8H,17H2,1-2H3. The smallest absolute Gasteiger partial charge is 0.197 e. The van der Waals surface area contributed by atoms with Crippen molar-refractivity contribution < 1.29 is 14.3 Å². The Morgan fingerprint density at radius 3 is 2.45 bits per heavy atom. The summed E-state index contributed by atoms with van der Waals surface area (Å²) in [6, 6.07) is 10.3. The summed E-state index contributed by atoms with van der Waals surface area (Å²) in [6.45, 7) is 0. The number of hydrogen-bond acceptors (Lipinski definition) is 4. The molecule has 4 nitrogen and oxygen atoms in total. The predicted molar refractivity (Wildman–Crippen MR) is 81.5 cm³/mol. The highest BCUT2D eigenvalue weighted by atomic mass is 79.9. The van der Waals surface area contributed by atoms with Crippen molar-refractivity contribution in [1.82, 2.24) is 0 Å². The molecule has 0 aliphatic carbocycles. The third kappa shape index (κ3) is 2.63. The molecule has 2 aromatic carbocycles. The molecule has 104 valence electrons. The second-order valence-electron chi connectivity index (χ2n) is 4.10. The van der Waals surface area contributed by atoms with E-state index in [9.17, 15) is 4.79 Å². The highest BCUT2D eigenvalue weighted by molar-refractivity contribution is 9.10. The number of carbonyl (C=O) groups is 1. The quantitative estimate of drug-likeness (QED) is 0.688. The van der Waals surface area contributed by atoms with Crippen LogP contribution < -0.4 is 15.2 Å². The Labute approximate surface area is 125 Å². The van der Waals surface area contributed by atoms with E-state index in [1.165, 1.54) is 7.11 Å². The lowest BCUT2D eigenvalue weighted by Gasteiger charge is -2.11. The van der Waals surface area contributed by atoms with Crippen molar-refractivity contribution in [3.63, 3.8) is 0 Å². The van der Waals surface area contributed by atoms with Gasteiger partial charge < -0.3 is 15.2 Å². The highest BCUT2D eigenvalue weighted by Gasteiger charge is 2.18. The summed E-state index contributed by atoms with van der Waals surface area (Å²) in [5, 5.41) is 0. The normalized spacial score (nSPS) is 10.2. The molecule has 5 heteroatoms. The van der Waals surface area contributed by atoms with Crippen molar-refractivity contribution >= 4 is 27.4 Å². The van der Waals surface area contributed by atoms with E-state index in [0.29, 0.717) is 32.8 Å². The molecule has 20 heavy (non-hydrogen) atoms. The van der Waals surface area contributed by atoms with Crippen molar-refractivity contribution in [1.29, 1.82) is 0 Å². The van der Waals surface area contributed by atoms with Crippen LogP contribution in [0.1, 0.15) is 15.9 Å². The molecular weight excluding hydrogens is 322 g/mol. The van der Waals surface area contributed by atoms with Gasteiger partial charge in [0, 0.05) is 10.0 Å². The molecule has 2 rings (SSSR count). The Morgan fingerprint density at radius 2 is 1.85 bits per heavy atom. The Hall–Kier alpha value is -2.01. The van der Waals surface area contributed by atoms with Gasteiger partial charge in [0.1, 0.15) is 5.75 Å². The van der Waals surface area contributed by atoms with E-state index in [0.717, 1.165) is 0 Å². The minimum Gasteiger partial charge on any atom is -0.497 e. The topological polar surface area (TPSA) is 61.5 Å². The number of methoxy groups -OCH3 is 2. The minimum absolute atomic E-state index is 0.163. The maximum Gasteiger partial charge on any atom is 0.197 e. The lowest BCUT2D eigenvalue weighted by Crippen LogP contribution is -2.06. The third-order valence-electron chi connectivity index (χ3n) is 2.92. The Balaban J connectivity index is 2.49. The van der Waals surface area contributed by atoms with E-state index in [-0.39, 0.29) is 5.78 Å². The maximum absolute atomic E-state index is 12.6. The highest BCUT2D eigenvalue weighted by Crippen LogP contribution is 2.31. The first-order chi connectivity index (χ1) is 9.58. The fourth-order valence-corrected chi connectivity index (χ4v) is 2.45. The minimum atomic E-state index is -0.163. The van der Waals surface area contributed by atoms with Crippen LogP contribution in [-0.4, -0.2) is 20.0 Å². The van der Waals surface area contributed by atoms with Crippen molar-refractivity contribution in [2.75, 3.05) is 20.0 Å². The molecule has 0 amide bonds. The van der Waals surface area contributed by atoms with Crippen LogP contribution in [-0.2, 0) is 0 Å². The number of para-hydroxylation sites is 1. The summed E-state index contributed by atoms with van der Waals surface area (Å²) < 4.78 is 11.0. The van der Waals surface area contributed by atoms with Gasteiger partial charge in [-0.25, -0.2) is 0 Å². The number of carbonyl (C=O) groups excluding carboxylic acids is 1. The summed E-state index contributed by atoms with van der Waals surface area (Å²) in [4.78, 5) is 12.6. The van der Waals surface area contributed by atoms with Crippen LogP contribution in [0.2, 0.25) is 0 Å². The van der Waals surface area contributed by atoms with Crippen LogP contribution in [0, 0.1) is 0 Å². The van der Waals surface area contributed by atoms with Gasteiger partial charge in [0.05, 0.1) is 25.5 Å². The molecule has 0 fully saturated rings. The van der Waals surface area contributed by atoms with Crippen LogP contribution in [0.25, 0.3) is 0 Å². The zero-order chi connectivity index (χ0) is 14.7. The first kappa shape index (κ1) is 14.4. The average molecular weight is 336 g/mol. The molecule has 0 saturated heterocycles. The average Bonchev–Trinajstić information content (AvgIpc) is 2.46. The second kappa shape index (κ2) is 5.96. The molecule has 0 bridgehead atoms. The number of nitrogens with two attached hydrogens (primary N) is 1. The second-order valence-corrected chi connectivity index (χ2v) is 4.96. The molecule has 0 aromatic heterocycles. The summed E-state index contributed by atoms with van der Waals surface area (Å²) in [5.41, 5.74) is 7.21. The monoisotopic (exact) mass is 335 g/mol. The molecule has 0 heterocycles. The largest absolute Gasteiger partial charge is 0.497 e. The molecule has 0 unspecified atom stereocenters. The first-order valence-electron chi connectivity index (χ1n) is 5.89. The molecule has 0 saturated carbocycles. The van der Waals surface area contributed by atoms with Gasteiger partial charge in [0.25, 0.3) is 0 Å². The zero-order valence-electron chi connectivity index (χ0n) is 11.1. The summed E-state index contributed by atoms with van der Waals surface area (Å²) >= 11 is 3.38. The van der Waals surface area contributed by atoms with E-state index < -0.39 is 0 Å². The van der Waals surface area contributed by atoms with E-state index in [4.69, 9.17) is 15.2 Å². The van der Waals surface area contributed by atoms with Gasteiger partial charge in [-0.1, -0.05) is 6.07 Å². The van der Waals surface area contributed by atoms with Gasteiger partial charge in [-0.15, -0.1) is 0 Å². The molecule has 2 aromatic rings. The predicted octanol–water partition coefficient (Wildman–Crippen LogP) is 3.28. The van der Waals surface area contributed by atoms with Crippen LogP contribution in [0.4, 0.5) is 5.69 Å². The number of halogens is 1. The number of hydrogen-bond donors (Lipinski definition) is 1. The van der Waals surface area contributed by atoms with E-state index in [2.05, 4.69) is 15.9 Å². The summed E-state index contributed by atoms with van der Waals surface area (Å²) in [5.74, 6) is 0.900.